The molecule has 1 aromatic rings. The molecule has 104 valence electrons. The molecule has 2 heterocycles. The summed E-state index contributed by atoms with van der Waals surface area (Å²) in [4.78, 5) is 13.8. The van der Waals surface area contributed by atoms with Gasteiger partial charge >= 0.3 is 0 Å². The number of aromatic nitrogens is 2. The van der Waals surface area contributed by atoms with Gasteiger partial charge in [-0.15, -0.1) is 0 Å². The molecule has 1 fully saturated rings. The first kappa shape index (κ1) is 13.8. The van der Waals surface area contributed by atoms with Crippen LogP contribution in [0.5, 0.6) is 0 Å². The van der Waals surface area contributed by atoms with Crippen LogP contribution in [0.3, 0.4) is 0 Å². The van der Waals surface area contributed by atoms with Gasteiger partial charge in [0, 0.05) is 31.4 Å². The quantitative estimate of drug-likeness (QED) is 0.784. The van der Waals surface area contributed by atoms with E-state index in [9.17, 15) is 4.79 Å². The fraction of sp³-hybridized carbons (Fsp3) is 0.538. The number of rotatable bonds is 3. The van der Waals surface area contributed by atoms with Crippen molar-refractivity contribution in [2.24, 2.45) is 7.05 Å². The maximum absolute atomic E-state index is 12.1. The lowest BCUT2D eigenvalue weighted by Crippen LogP contribution is -2.51. The number of hydrogen-bond acceptors (Lipinski definition) is 4. The molecular weight excluding hydrogens is 246 g/mol. The van der Waals surface area contributed by atoms with Gasteiger partial charge in [0.25, 0.3) is 0 Å². The Kier molecular flexibility index (Phi) is 4.34. The van der Waals surface area contributed by atoms with Gasteiger partial charge in [-0.3, -0.25) is 9.48 Å². The Balaban J connectivity index is 2.00. The van der Waals surface area contributed by atoms with Gasteiger partial charge in [-0.2, -0.15) is 5.10 Å². The molecule has 0 spiro atoms. The molecule has 6 nitrogen and oxygen atoms in total. The molecule has 1 aliphatic heterocycles. The SMILES string of the molecule is CC1COC(CO)CN1C(=O)/C=C/c1cnn(C)c1. The van der Waals surface area contributed by atoms with E-state index in [1.54, 1.807) is 21.9 Å². The highest BCUT2D eigenvalue weighted by atomic mass is 16.5. The van der Waals surface area contributed by atoms with E-state index in [4.69, 9.17) is 9.84 Å². The number of aryl methyl sites for hydroxylation is 1. The van der Waals surface area contributed by atoms with Crippen LogP contribution in [-0.2, 0) is 16.6 Å². The second-order valence-corrected chi connectivity index (χ2v) is 4.76. The van der Waals surface area contributed by atoms with Crippen LogP contribution in [0.15, 0.2) is 18.5 Å². The molecule has 6 heteroatoms. The Morgan fingerprint density at radius 1 is 1.68 bits per heavy atom. The highest BCUT2D eigenvalue weighted by Gasteiger charge is 2.27. The predicted octanol–water partition coefficient (Wildman–Crippen LogP) is 0.0415. The molecule has 2 rings (SSSR count). The van der Waals surface area contributed by atoms with Crippen molar-refractivity contribution < 1.29 is 14.6 Å². The smallest absolute Gasteiger partial charge is 0.246 e. The van der Waals surface area contributed by atoms with Crippen molar-refractivity contribution in [2.75, 3.05) is 19.8 Å². The molecule has 0 saturated carbocycles. The van der Waals surface area contributed by atoms with Gasteiger partial charge < -0.3 is 14.7 Å². The van der Waals surface area contributed by atoms with Crippen molar-refractivity contribution in [1.29, 1.82) is 0 Å². The summed E-state index contributed by atoms with van der Waals surface area (Å²) in [6, 6.07) is 0.0221. The number of aliphatic hydroxyl groups is 1. The number of ether oxygens (including phenoxy) is 1. The Hall–Kier alpha value is -1.66. The number of carbonyl (C=O) groups is 1. The number of nitrogens with zero attached hydrogens (tertiary/aromatic N) is 3. The minimum Gasteiger partial charge on any atom is -0.394 e. The fourth-order valence-corrected chi connectivity index (χ4v) is 2.02. The largest absolute Gasteiger partial charge is 0.394 e. The standard InChI is InChI=1S/C13H19N3O3/c1-10-9-19-12(8-17)7-16(10)13(18)4-3-11-5-14-15(2)6-11/h3-6,10,12,17H,7-9H2,1-2H3/b4-3+. The topological polar surface area (TPSA) is 67.6 Å². The Labute approximate surface area is 112 Å². The first-order valence-corrected chi connectivity index (χ1v) is 6.30. The van der Waals surface area contributed by atoms with Crippen LogP contribution >= 0.6 is 0 Å². The average Bonchev–Trinajstić information content (AvgIpc) is 2.82. The molecule has 0 bridgehead atoms. The molecule has 19 heavy (non-hydrogen) atoms. The average molecular weight is 265 g/mol. The van der Waals surface area contributed by atoms with E-state index in [1.807, 2.05) is 20.2 Å². The van der Waals surface area contributed by atoms with Crippen molar-refractivity contribution in [3.05, 3.63) is 24.0 Å². The lowest BCUT2D eigenvalue weighted by Gasteiger charge is -2.36. The van der Waals surface area contributed by atoms with E-state index in [1.165, 1.54) is 6.08 Å². The molecule has 1 aliphatic rings. The summed E-state index contributed by atoms with van der Waals surface area (Å²) in [5.74, 6) is -0.0712. The Morgan fingerprint density at radius 2 is 2.47 bits per heavy atom. The van der Waals surface area contributed by atoms with Gasteiger partial charge in [0.1, 0.15) is 0 Å². The van der Waals surface area contributed by atoms with E-state index in [-0.39, 0.29) is 24.7 Å². The van der Waals surface area contributed by atoms with E-state index in [2.05, 4.69) is 5.10 Å². The monoisotopic (exact) mass is 265 g/mol. The number of carbonyl (C=O) groups excluding carboxylic acids is 1. The molecule has 2 atom stereocenters. The predicted molar refractivity (Wildman–Crippen MR) is 70.2 cm³/mol. The van der Waals surface area contributed by atoms with Crippen molar-refractivity contribution in [1.82, 2.24) is 14.7 Å². The molecule has 1 saturated heterocycles. The second kappa shape index (κ2) is 5.99. The molecule has 0 radical (unpaired) electrons. The van der Waals surface area contributed by atoms with Gasteiger partial charge in [0.15, 0.2) is 0 Å². The van der Waals surface area contributed by atoms with E-state index < -0.39 is 0 Å². The van der Waals surface area contributed by atoms with Gasteiger partial charge in [0.2, 0.25) is 5.91 Å². The molecule has 1 N–H and O–H groups in total. The summed E-state index contributed by atoms with van der Waals surface area (Å²) >= 11 is 0. The summed E-state index contributed by atoms with van der Waals surface area (Å²) in [5, 5.41) is 13.1. The zero-order valence-electron chi connectivity index (χ0n) is 11.2. The highest BCUT2D eigenvalue weighted by Crippen LogP contribution is 2.12. The number of morpholine rings is 1. The number of aliphatic hydroxyl groups excluding tert-OH is 1. The van der Waals surface area contributed by atoms with Crippen LogP contribution in [-0.4, -0.2) is 57.6 Å². The lowest BCUT2D eigenvalue weighted by molar-refractivity contribution is -0.140. The van der Waals surface area contributed by atoms with Gasteiger partial charge in [0.05, 0.1) is 31.6 Å². The fourth-order valence-electron chi connectivity index (χ4n) is 2.02. The van der Waals surface area contributed by atoms with Crippen LogP contribution in [0.4, 0.5) is 0 Å². The lowest BCUT2D eigenvalue weighted by atomic mass is 10.2. The third-order valence-corrected chi connectivity index (χ3v) is 3.14. The first-order valence-electron chi connectivity index (χ1n) is 6.30. The van der Waals surface area contributed by atoms with E-state index in [0.717, 1.165) is 5.56 Å². The minimum absolute atomic E-state index is 0.0221. The normalized spacial score (nSPS) is 24.1. The maximum Gasteiger partial charge on any atom is 0.246 e. The summed E-state index contributed by atoms with van der Waals surface area (Å²) in [6.45, 7) is 2.75. The molecule has 0 aromatic carbocycles. The zero-order valence-corrected chi connectivity index (χ0v) is 11.2. The van der Waals surface area contributed by atoms with Crippen LogP contribution < -0.4 is 0 Å². The van der Waals surface area contributed by atoms with Gasteiger partial charge in [-0.25, -0.2) is 0 Å². The summed E-state index contributed by atoms with van der Waals surface area (Å²) in [7, 11) is 1.83. The third kappa shape index (κ3) is 3.42. The highest BCUT2D eigenvalue weighted by molar-refractivity contribution is 5.92. The van der Waals surface area contributed by atoms with Gasteiger partial charge in [-0.05, 0) is 13.0 Å². The van der Waals surface area contributed by atoms with Crippen molar-refractivity contribution in [2.45, 2.75) is 19.1 Å². The minimum atomic E-state index is -0.285. The molecule has 1 aromatic heterocycles. The van der Waals surface area contributed by atoms with Crippen LogP contribution in [0.1, 0.15) is 12.5 Å². The maximum atomic E-state index is 12.1. The first-order chi connectivity index (χ1) is 9.10. The van der Waals surface area contributed by atoms with Crippen LogP contribution in [0.25, 0.3) is 6.08 Å². The van der Waals surface area contributed by atoms with Crippen molar-refractivity contribution in [3.63, 3.8) is 0 Å². The van der Waals surface area contributed by atoms with Crippen LogP contribution in [0, 0.1) is 0 Å². The van der Waals surface area contributed by atoms with Crippen LogP contribution in [0.2, 0.25) is 0 Å². The van der Waals surface area contributed by atoms with Crippen molar-refractivity contribution in [3.8, 4) is 0 Å². The zero-order chi connectivity index (χ0) is 13.8. The Morgan fingerprint density at radius 3 is 3.11 bits per heavy atom. The molecule has 2 unspecified atom stereocenters. The molecule has 1 amide bonds. The third-order valence-electron chi connectivity index (χ3n) is 3.14. The number of amides is 1. The second-order valence-electron chi connectivity index (χ2n) is 4.76. The number of hydrogen-bond donors (Lipinski definition) is 1. The Bertz CT molecular complexity index is 469. The molecule has 0 aliphatic carbocycles. The summed E-state index contributed by atoms with van der Waals surface area (Å²) in [6.07, 6.45) is 6.53. The summed E-state index contributed by atoms with van der Waals surface area (Å²) < 4.78 is 7.09. The van der Waals surface area contributed by atoms with Crippen molar-refractivity contribution >= 4 is 12.0 Å². The van der Waals surface area contributed by atoms with Gasteiger partial charge in [-0.1, -0.05) is 0 Å². The van der Waals surface area contributed by atoms with E-state index in [0.29, 0.717) is 13.2 Å². The molecular formula is C13H19N3O3. The van der Waals surface area contributed by atoms with E-state index >= 15 is 0 Å². The summed E-state index contributed by atoms with van der Waals surface area (Å²) in [5.41, 5.74) is 0.885.